The van der Waals surface area contributed by atoms with E-state index < -0.39 is 11.2 Å². The van der Waals surface area contributed by atoms with Gasteiger partial charge < -0.3 is 14.8 Å². The summed E-state index contributed by atoms with van der Waals surface area (Å²) in [5, 5.41) is 13.8. The highest BCUT2D eigenvalue weighted by atomic mass is 79.9. The second-order valence-electron chi connectivity index (χ2n) is 3.69. The average molecular weight is 319 g/mol. The van der Waals surface area contributed by atoms with E-state index in [1.807, 2.05) is 6.92 Å². The summed E-state index contributed by atoms with van der Waals surface area (Å²) in [5.74, 6) is 0. The zero-order valence-corrected chi connectivity index (χ0v) is 11.9. The third kappa shape index (κ3) is 3.66. The van der Waals surface area contributed by atoms with Crippen LogP contribution in [0.25, 0.3) is 0 Å². The van der Waals surface area contributed by atoms with E-state index in [9.17, 15) is 10.1 Å². The van der Waals surface area contributed by atoms with E-state index in [0.717, 1.165) is 5.69 Å². The van der Waals surface area contributed by atoms with Crippen LogP contribution < -0.4 is 5.32 Å². The van der Waals surface area contributed by atoms with Crippen LogP contribution in [-0.2, 0) is 9.47 Å². The molecule has 0 radical (unpaired) electrons. The van der Waals surface area contributed by atoms with E-state index in [2.05, 4.69) is 21.2 Å². The third-order valence-electron chi connectivity index (χ3n) is 2.42. The van der Waals surface area contributed by atoms with E-state index in [0.29, 0.717) is 4.47 Å². The normalized spacial score (nSPS) is 12.5. The van der Waals surface area contributed by atoms with Crippen molar-refractivity contribution in [2.75, 3.05) is 19.5 Å². The van der Waals surface area contributed by atoms with Gasteiger partial charge in [-0.05, 0) is 28.9 Å². The summed E-state index contributed by atoms with van der Waals surface area (Å²) in [6, 6.07) is 4.43. The van der Waals surface area contributed by atoms with Crippen molar-refractivity contribution in [3.8, 4) is 0 Å². The zero-order valence-electron chi connectivity index (χ0n) is 10.3. The predicted octanol–water partition coefficient (Wildman–Crippen LogP) is 2.78. The van der Waals surface area contributed by atoms with Crippen LogP contribution in [0.4, 0.5) is 11.4 Å². The van der Waals surface area contributed by atoms with Crippen molar-refractivity contribution >= 4 is 27.3 Å². The molecule has 6 nitrogen and oxygen atoms in total. The minimum Gasteiger partial charge on any atom is -0.377 e. The van der Waals surface area contributed by atoms with Gasteiger partial charge in [0.05, 0.1) is 11.0 Å². The Balaban J connectivity index is 2.82. The lowest BCUT2D eigenvalue weighted by Gasteiger charge is -2.23. The van der Waals surface area contributed by atoms with Gasteiger partial charge in [0.2, 0.25) is 0 Å². The molecule has 0 aromatic heterocycles. The summed E-state index contributed by atoms with van der Waals surface area (Å²) in [6.07, 6.45) is -0.396. The summed E-state index contributed by atoms with van der Waals surface area (Å²) in [4.78, 5) is 10.2. The monoisotopic (exact) mass is 318 g/mol. The molecule has 7 heteroatoms. The molecule has 0 fully saturated rings. The standard InChI is InChI=1S/C11H15BrN2O4/c1-7(11(17-2)18-3)13-10-5-4-8(14(15)16)6-9(10)12/h4-7,11,13H,1-3H3. The Morgan fingerprint density at radius 3 is 2.44 bits per heavy atom. The van der Waals surface area contributed by atoms with Crippen LogP contribution in [0.15, 0.2) is 22.7 Å². The van der Waals surface area contributed by atoms with Crippen molar-refractivity contribution in [3.05, 3.63) is 32.8 Å². The number of methoxy groups -OCH3 is 2. The van der Waals surface area contributed by atoms with Gasteiger partial charge in [-0.15, -0.1) is 0 Å². The number of halogens is 1. The zero-order chi connectivity index (χ0) is 13.7. The molecule has 1 aromatic rings. The lowest BCUT2D eigenvalue weighted by molar-refractivity contribution is -0.384. The first-order valence-electron chi connectivity index (χ1n) is 5.25. The second-order valence-corrected chi connectivity index (χ2v) is 4.55. The third-order valence-corrected chi connectivity index (χ3v) is 3.08. The highest BCUT2D eigenvalue weighted by molar-refractivity contribution is 9.10. The first-order valence-corrected chi connectivity index (χ1v) is 6.05. The van der Waals surface area contributed by atoms with Gasteiger partial charge in [-0.25, -0.2) is 0 Å². The van der Waals surface area contributed by atoms with Gasteiger partial charge in [0, 0.05) is 36.5 Å². The predicted molar refractivity (Wildman–Crippen MR) is 71.7 cm³/mol. The maximum Gasteiger partial charge on any atom is 0.270 e. The molecule has 1 unspecified atom stereocenters. The molecular formula is C11H15BrN2O4. The van der Waals surface area contributed by atoms with Gasteiger partial charge in [-0.1, -0.05) is 0 Å². The molecular weight excluding hydrogens is 304 g/mol. The first-order chi connectivity index (χ1) is 8.49. The number of nitro groups is 1. The van der Waals surface area contributed by atoms with Crippen LogP contribution in [-0.4, -0.2) is 31.5 Å². The Hall–Kier alpha value is -1.18. The number of non-ortho nitro benzene ring substituents is 1. The summed E-state index contributed by atoms with van der Waals surface area (Å²) in [5.41, 5.74) is 0.780. The summed E-state index contributed by atoms with van der Waals surface area (Å²) >= 11 is 3.29. The highest BCUT2D eigenvalue weighted by Gasteiger charge is 2.17. The molecule has 100 valence electrons. The maximum atomic E-state index is 10.6. The van der Waals surface area contributed by atoms with Crippen LogP contribution >= 0.6 is 15.9 Å². The van der Waals surface area contributed by atoms with Crippen molar-refractivity contribution < 1.29 is 14.4 Å². The van der Waals surface area contributed by atoms with E-state index in [4.69, 9.17) is 9.47 Å². The van der Waals surface area contributed by atoms with Crippen LogP contribution in [0.5, 0.6) is 0 Å². The average Bonchev–Trinajstić information content (AvgIpc) is 2.33. The maximum absolute atomic E-state index is 10.6. The van der Waals surface area contributed by atoms with E-state index in [1.165, 1.54) is 12.1 Å². The number of hydrogen-bond acceptors (Lipinski definition) is 5. The van der Waals surface area contributed by atoms with E-state index in [-0.39, 0.29) is 11.7 Å². The van der Waals surface area contributed by atoms with Gasteiger partial charge in [-0.2, -0.15) is 0 Å². The van der Waals surface area contributed by atoms with E-state index in [1.54, 1.807) is 20.3 Å². The molecule has 1 atom stereocenters. The molecule has 0 aliphatic rings. The minimum absolute atomic E-state index is 0.0371. The van der Waals surface area contributed by atoms with Crippen molar-refractivity contribution in [2.45, 2.75) is 19.3 Å². The summed E-state index contributed by atoms with van der Waals surface area (Å²) in [6.45, 7) is 1.89. The lowest BCUT2D eigenvalue weighted by atomic mass is 10.2. The number of hydrogen-bond donors (Lipinski definition) is 1. The summed E-state index contributed by atoms with van der Waals surface area (Å²) in [7, 11) is 3.11. The molecule has 1 aromatic carbocycles. The largest absolute Gasteiger partial charge is 0.377 e. The Bertz CT molecular complexity index is 424. The van der Waals surface area contributed by atoms with Gasteiger partial charge in [0.25, 0.3) is 5.69 Å². The minimum atomic E-state index is -0.439. The molecule has 0 saturated heterocycles. The number of rotatable bonds is 6. The van der Waals surface area contributed by atoms with Crippen molar-refractivity contribution in [3.63, 3.8) is 0 Å². The smallest absolute Gasteiger partial charge is 0.270 e. The van der Waals surface area contributed by atoms with Crippen molar-refractivity contribution in [2.24, 2.45) is 0 Å². The topological polar surface area (TPSA) is 73.6 Å². The van der Waals surface area contributed by atoms with Gasteiger partial charge in [0.1, 0.15) is 0 Å². The molecule has 0 spiro atoms. The lowest BCUT2D eigenvalue weighted by Crippen LogP contribution is -2.33. The number of ether oxygens (including phenoxy) is 2. The molecule has 0 heterocycles. The quantitative estimate of drug-likeness (QED) is 0.496. The molecule has 0 saturated carbocycles. The Labute approximate surface area is 114 Å². The van der Waals surface area contributed by atoms with Crippen molar-refractivity contribution in [1.82, 2.24) is 0 Å². The SMILES string of the molecule is COC(OC)C(C)Nc1ccc([N+](=O)[O-])cc1Br. The molecule has 18 heavy (non-hydrogen) atoms. The number of nitro benzene ring substituents is 1. The fraction of sp³-hybridized carbons (Fsp3) is 0.455. The molecule has 1 rings (SSSR count). The number of benzene rings is 1. The summed E-state index contributed by atoms with van der Waals surface area (Å²) < 4.78 is 10.9. The Morgan fingerprint density at radius 1 is 1.39 bits per heavy atom. The highest BCUT2D eigenvalue weighted by Crippen LogP contribution is 2.28. The number of nitrogens with one attached hydrogen (secondary N) is 1. The van der Waals surface area contributed by atoms with Gasteiger partial charge in [0.15, 0.2) is 6.29 Å². The van der Waals surface area contributed by atoms with Gasteiger partial charge >= 0.3 is 0 Å². The number of nitrogens with zero attached hydrogens (tertiary/aromatic N) is 1. The van der Waals surface area contributed by atoms with Gasteiger partial charge in [-0.3, -0.25) is 10.1 Å². The molecule has 0 bridgehead atoms. The van der Waals surface area contributed by atoms with Crippen molar-refractivity contribution in [1.29, 1.82) is 0 Å². The molecule has 0 amide bonds. The molecule has 1 N–H and O–H groups in total. The molecule has 0 aliphatic heterocycles. The van der Waals surface area contributed by atoms with Crippen LogP contribution in [0.3, 0.4) is 0 Å². The van der Waals surface area contributed by atoms with E-state index >= 15 is 0 Å². The van der Waals surface area contributed by atoms with Crippen LogP contribution in [0, 0.1) is 10.1 Å². The Kier molecular flexibility index (Phi) is 5.52. The van der Waals surface area contributed by atoms with Crippen LogP contribution in [0.1, 0.15) is 6.92 Å². The molecule has 0 aliphatic carbocycles. The first kappa shape index (κ1) is 14.9. The number of anilines is 1. The van der Waals surface area contributed by atoms with Crippen LogP contribution in [0.2, 0.25) is 0 Å². The second kappa shape index (κ2) is 6.67. The fourth-order valence-electron chi connectivity index (χ4n) is 1.55. The Morgan fingerprint density at radius 2 is 2.00 bits per heavy atom. The fourth-order valence-corrected chi connectivity index (χ4v) is 2.03.